The molecule has 0 radical (unpaired) electrons. The van der Waals surface area contributed by atoms with Crippen molar-refractivity contribution in [3.63, 3.8) is 0 Å². The Morgan fingerprint density at radius 1 is 1.39 bits per heavy atom. The van der Waals surface area contributed by atoms with E-state index in [4.69, 9.17) is 4.74 Å². The number of benzene rings is 1. The predicted octanol–water partition coefficient (Wildman–Crippen LogP) is 2.89. The van der Waals surface area contributed by atoms with E-state index in [0.717, 1.165) is 6.42 Å². The van der Waals surface area contributed by atoms with Gasteiger partial charge in [-0.25, -0.2) is 8.78 Å². The Morgan fingerprint density at radius 3 is 2.67 bits per heavy atom. The van der Waals surface area contributed by atoms with Crippen molar-refractivity contribution >= 4 is 5.78 Å². The van der Waals surface area contributed by atoms with Crippen molar-refractivity contribution in [2.45, 2.75) is 32.3 Å². The predicted molar refractivity (Wildman–Crippen MR) is 63.2 cm³/mol. The molecule has 0 aliphatic carbocycles. The molecule has 1 saturated heterocycles. The first-order chi connectivity index (χ1) is 8.63. The van der Waals surface area contributed by atoms with Crippen LogP contribution in [0, 0.1) is 17.6 Å². The number of hydrogen-bond acceptors (Lipinski definition) is 2. The number of halogens is 2. The average Bonchev–Trinajstić information content (AvgIpc) is 2.82. The molecule has 0 aromatic heterocycles. The molecule has 18 heavy (non-hydrogen) atoms. The van der Waals surface area contributed by atoms with Crippen LogP contribution in [0.5, 0.6) is 0 Å². The monoisotopic (exact) mass is 254 g/mol. The maximum atomic E-state index is 13.5. The molecule has 4 heteroatoms. The van der Waals surface area contributed by atoms with Crippen LogP contribution in [0.25, 0.3) is 0 Å². The highest BCUT2D eigenvalue weighted by Gasteiger charge is 2.33. The molecule has 2 nitrogen and oxygen atoms in total. The largest absolute Gasteiger partial charge is 0.377 e. The average molecular weight is 254 g/mol. The number of Topliss-reactive ketones (excluding diaryl/α,β-unsaturated/α-hetero) is 1. The van der Waals surface area contributed by atoms with Gasteiger partial charge in [0, 0.05) is 24.5 Å². The smallest absolute Gasteiger partial charge is 0.143 e. The summed E-state index contributed by atoms with van der Waals surface area (Å²) in [5.74, 6) is -1.68. The molecule has 1 aliphatic heterocycles. The number of rotatable bonds is 4. The van der Waals surface area contributed by atoms with Gasteiger partial charge >= 0.3 is 0 Å². The third kappa shape index (κ3) is 2.58. The number of carbonyl (C=O) groups is 1. The third-order valence-electron chi connectivity index (χ3n) is 3.44. The first-order valence-electron chi connectivity index (χ1n) is 6.20. The van der Waals surface area contributed by atoms with E-state index in [1.54, 1.807) is 0 Å². The first kappa shape index (κ1) is 13.1. The van der Waals surface area contributed by atoms with Crippen LogP contribution in [0.3, 0.4) is 0 Å². The normalized spacial score (nSPS) is 23.3. The molecule has 1 fully saturated rings. The maximum Gasteiger partial charge on any atom is 0.143 e. The standard InChI is InChI=1S/C14H16F2O2/c1-2-14-9(6-7-18-14)13(17)8-10-11(15)4-3-5-12(10)16/h3-5,9,14H,2,6-8H2,1H3. The van der Waals surface area contributed by atoms with Gasteiger partial charge in [0.1, 0.15) is 17.4 Å². The summed E-state index contributed by atoms with van der Waals surface area (Å²) >= 11 is 0. The van der Waals surface area contributed by atoms with Gasteiger partial charge < -0.3 is 4.74 Å². The second-order valence-electron chi connectivity index (χ2n) is 4.56. The van der Waals surface area contributed by atoms with Crippen molar-refractivity contribution in [2.24, 2.45) is 5.92 Å². The van der Waals surface area contributed by atoms with E-state index in [-0.39, 0.29) is 29.8 Å². The highest BCUT2D eigenvalue weighted by molar-refractivity contribution is 5.84. The summed E-state index contributed by atoms with van der Waals surface area (Å²) in [5.41, 5.74) is -0.135. The molecule has 0 spiro atoms. The lowest BCUT2D eigenvalue weighted by molar-refractivity contribution is -0.124. The van der Waals surface area contributed by atoms with E-state index in [1.165, 1.54) is 18.2 Å². The second kappa shape index (κ2) is 5.57. The lowest BCUT2D eigenvalue weighted by Gasteiger charge is -2.15. The Bertz CT molecular complexity index is 425. The fraction of sp³-hybridized carbons (Fsp3) is 0.500. The summed E-state index contributed by atoms with van der Waals surface area (Å²) in [4.78, 5) is 12.1. The maximum absolute atomic E-state index is 13.5. The molecule has 0 bridgehead atoms. The molecule has 1 aromatic rings. The zero-order chi connectivity index (χ0) is 13.1. The molecular weight excluding hydrogens is 238 g/mol. The molecule has 2 atom stereocenters. The van der Waals surface area contributed by atoms with Gasteiger partial charge in [0.15, 0.2) is 0 Å². The topological polar surface area (TPSA) is 26.3 Å². The number of hydrogen-bond donors (Lipinski definition) is 0. The minimum atomic E-state index is -0.657. The molecular formula is C14H16F2O2. The second-order valence-corrected chi connectivity index (χ2v) is 4.56. The van der Waals surface area contributed by atoms with Crippen LogP contribution >= 0.6 is 0 Å². The minimum Gasteiger partial charge on any atom is -0.377 e. The van der Waals surface area contributed by atoms with Gasteiger partial charge in [-0.15, -0.1) is 0 Å². The van der Waals surface area contributed by atoms with Crippen molar-refractivity contribution in [3.8, 4) is 0 Å². The number of ketones is 1. The van der Waals surface area contributed by atoms with Crippen molar-refractivity contribution < 1.29 is 18.3 Å². The lowest BCUT2D eigenvalue weighted by Crippen LogP contribution is -2.25. The van der Waals surface area contributed by atoms with Gasteiger partial charge in [-0.05, 0) is 25.0 Å². The Morgan fingerprint density at radius 2 is 2.06 bits per heavy atom. The number of carbonyl (C=O) groups excluding carboxylic acids is 1. The minimum absolute atomic E-state index is 0.104. The van der Waals surface area contributed by atoms with Crippen LogP contribution in [0.1, 0.15) is 25.3 Å². The summed E-state index contributed by atoms with van der Waals surface area (Å²) in [6.07, 6.45) is 1.10. The van der Waals surface area contributed by atoms with E-state index >= 15 is 0 Å². The lowest BCUT2D eigenvalue weighted by atomic mass is 9.91. The Hall–Kier alpha value is -1.29. The van der Waals surface area contributed by atoms with Crippen LogP contribution in [-0.2, 0) is 16.0 Å². The van der Waals surface area contributed by atoms with Crippen molar-refractivity contribution in [1.29, 1.82) is 0 Å². The SMILES string of the molecule is CCC1OCCC1C(=O)Cc1c(F)cccc1F. The first-order valence-corrected chi connectivity index (χ1v) is 6.20. The van der Waals surface area contributed by atoms with E-state index in [1.807, 2.05) is 6.92 Å². The molecule has 1 heterocycles. The zero-order valence-electron chi connectivity index (χ0n) is 10.3. The van der Waals surface area contributed by atoms with Crippen molar-refractivity contribution in [3.05, 3.63) is 35.4 Å². The van der Waals surface area contributed by atoms with Crippen LogP contribution in [0.2, 0.25) is 0 Å². The van der Waals surface area contributed by atoms with E-state index in [0.29, 0.717) is 13.0 Å². The van der Waals surface area contributed by atoms with Crippen molar-refractivity contribution in [1.82, 2.24) is 0 Å². The van der Waals surface area contributed by atoms with Gasteiger partial charge in [0.2, 0.25) is 0 Å². The molecule has 0 amide bonds. The van der Waals surface area contributed by atoms with Gasteiger partial charge in [0.25, 0.3) is 0 Å². The van der Waals surface area contributed by atoms with Gasteiger partial charge in [-0.3, -0.25) is 4.79 Å². The van der Waals surface area contributed by atoms with Crippen LogP contribution in [-0.4, -0.2) is 18.5 Å². The van der Waals surface area contributed by atoms with E-state index in [9.17, 15) is 13.6 Å². The molecule has 0 N–H and O–H groups in total. The molecule has 1 aromatic carbocycles. The van der Waals surface area contributed by atoms with Gasteiger partial charge in [-0.2, -0.15) is 0 Å². The summed E-state index contributed by atoms with van der Waals surface area (Å²) in [7, 11) is 0. The molecule has 1 aliphatic rings. The van der Waals surface area contributed by atoms with Crippen LogP contribution < -0.4 is 0 Å². The summed E-state index contributed by atoms with van der Waals surface area (Å²) in [6.45, 7) is 2.49. The fourth-order valence-corrected chi connectivity index (χ4v) is 2.43. The molecule has 98 valence electrons. The Balaban J connectivity index is 2.12. The van der Waals surface area contributed by atoms with Crippen molar-refractivity contribution in [2.75, 3.05) is 6.61 Å². The summed E-state index contributed by atoms with van der Waals surface area (Å²) in [6, 6.07) is 3.65. The highest BCUT2D eigenvalue weighted by Crippen LogP contribution is 2.26. The van der Waals surface area contributed by atoms with E-state index in [2.05, 4.69) is 0 Å². The Labute approximate surface area is 105 Å². The number of ether oxygens (including phenoxy) is 1. The van der Waals surface area contributed by atoms with Crippen LogP contribution in [0.4, 0.5) is 8.78 Å². The Kier molecular flexibility index (Phi) is 4.07. The molecule has 2 rings (SSSR count). The zero-order valence-corrected chi connectivity index (χ0v) is 10.3. The van der Waals surface area contributed by atoms with Gasteiger partial charge in [-0.1, -0.05) is 13.0 Å². The molecule has 2 unspecified atom stereocenters. The molecule has 0 saturated carbocycles. The highest BCUT2D eigenvalue weighted by atomic mass is 19.1. The van der Waals surface area contributed by atoms with E-state index < -0.39 is 11.6 Å². The fourth-order valence-electron chi connectivity index (χ4n) is 2.43. The third-order valence-corrected chi connectivity index (χ3v) is 3.44. The summed E-state index contributed by atoms with van der Waals surface area (Å²) in [5, 5.41) is 0. The van der Waals surface area contributed by atoms with Crippen LogP contribution in [0.15, 0.2) is 18.2 Å². The summed E-state index contributed by atoms with van der Waals surface area (Å²) < 4.78 is 32.3. The van der Waals surface area contributed by atoms with Gasteiger partial charge in [0.05, 0.1) is 6.10 Å². The quantitative estimate of drug-likeness (QED) is 0.825.